The van der Waals surface area contributed by atoms with Gasteiger partial charge in [0.25, 0.3) is 0 Å². The zero-order valence-corrected chi connectivity index (χ0v) is 11.8. The summed E-state index contributed by atoms with van der Waals surface area (Å²) < 4.78 is 39.1. The molecule has 1 aliphatic heterocycles. The van der Waals surface area contributed by atoms with Crippen molar-refractivity contribution in [1.29, 1.82) is 0 Å². The number of benzene rings is 1. The van der Waals surface area contributed by atoms with Crippen LogP contribution in [0, 0.1) is 6.92 Å². The number of halogens is 4. The average molecular weight is 311 g/mol. The topological polar surface area (TPSA) is 25.2 Å². The van der Waals surface area contributed by atoms with Crippen molar-refractivity contribution < 1.29 is 13.2 Å². The summed E-state index contributed by atoms with van der Waals surface area (Å²) in [6.45, 7) is 1.99. The fourth-order valence-corrected chi connectivity index (χ4v) is 2.62. The minimum absolute atomic E-state index is 0.270. The van der Waals surface area contributed by atoms with Gasteiger partial charge in [-0.1, -0.05) is 11.6 Å². The summed E-state index contributed by atoms with van der Waals surface area (Å²) in [7, 11) is 0. The third-order valence-electron chi connectivity index (χ3n) is 3.42. The van der Waals surface area contributed by atoms with Gasteiger partial charge in [-0.25, -0.2) is 4.98 Å². The minimum atomic E-state index is -4.39. The van der Waals surface area contributed by atoms with E-state index < -0.39 is 11.7 Å². The lowest BCUT2D eigenvalue weighted by Gasteiger charge is -2.14. The molecule has 21 heavy (non-hydrogen) atoms. The van der Waals surface area contributed by atoms with E-state index in [0.29, 0.717) is 27.5 Å². The lowest BCUT2D eigenvalue weighted by atomic mass is 9.93. The van der Waals surface area contributed by atoms with Gasteiger partial charge in [-0.2, -0.15) is 13.2 Å². The maximum Gasteiger partial charge on any atom is 0.416 e. The van der Waals surface area contributed by atoms with Gasteiger partial charge in [0.2, 0.25) is 0 Å². The molecule has 1 aromatic heterocycles. The van der Waals surface area contributed by atoms with Crippen LogP contribution in [0.15, 0.2) is 29.3 Å². The monoisotopic (exact) mass is 310 g/mol. The number of aliphatic imine (C=N–C) groups is 1. The van der Waals surface area contributed by atoms with Gasteiger partial charge in [-0.15, -0.1) is 0 Å². The average Bonchev–Trinajstić information content (AvgIpc) is 2.85. The van der Waals surface area contributed by atoms with Crippen LogP contribution in [0.1, 0.15) is 22.4 Å². The van der Waals surface area contributed by atoms with Gasteiger partial charge in [-0.05, 0) is 42.3 Å². The zero-order valence-electron chi connectivity index (χ0n) is 11.0. The highest BCUT2D eigenvalue weighted by Gasteiger charge is 2.32. The molecule has 0 N–H and O–H groups in total. The number of aromatic nitrogens is 1. The van der Waals surface area contributed by atoms with Gasteiger partial charge < -0.3 is 0 Å². The number of hydrogen-bond acceptors (Lipinski definition) is 2. The Hall–Kier alpha value is -1.88. The Morgan fingerprint density at radius 2 is 1.90 bits per heavy atom. The van der Waals surface area contributed by atoms with Gasteiger partial charge in [0.05, 0.1) is 12.1 Å². The number of fused-ring (bicyclic) bond motifs is 1. The van der Waals surface area contributed by atoms with Crippen molar-refractivity contribution in [2.24, 2.45) is 4.99 Å². The molecule has 0 aliphatic carbocycles. The summed E-state index contributed by atoms with van der Waals surface area (Å²) in [5.41, 5.74) is 2.34. The quantitative estimate of drug-likeness (QED) is 0.703. The zero-order chi connectivity index (χ0) is 15.2. The normalized spacial score (nSPS) is 13.6. The van der Waals surface area contributed by atoms with E-state index in [2.05, 4.69) is 9.98 Å². The predicted octanol–water partition coefficient (Wildman–Crippen LogP) is 4.66. The smallest absolute Gasteiger partial charge is 0.288 e. The first-order valence-corrected chi connectivity index (χ1v) is 6.61. The van der Waals surface area contributed by atoms with Crippen molar-refractivity contribution in [1.82, 2.24) is 4.98 Å². The molecule has 0 radical (unpaired) electrons. The standard InChI is InChI=1S/C15H10ClF3N2/c1-8-11(2-3-14(16)21-8)12-5-10(15(17,18)19)4-9-6-20-7-13(9)12/h2-5,7H,6H2,1H3. The van der Waals surface area contributed by atoms with Crippen LogP contribution in [0.3, 0.4) is 0 Å². The summed E-state index contributed by atoms with van der Waals surface area (Å²) in [6.07, 6.45) is -2.78. The largest absolute Gasteiger partial charge is 0.416 e. The SMILES string of the molecule is Cc1nc(Cl)ccc1-c1cc(C(F)(F)F)cc2c1C=NC2. The number of aryl methyl sites for hydroxylation is 1. The fourth-order valence-electron chi connectivity index (χ4n) is 2.43. The van der Waals surface area contributed by atoms with Gasteiger partial charge in [0.15, 0.2) is 0 Å². The molecule has 6 heteroatoms. The Labute approximate surface area is 124 Å². The van der Waals surface area contributed by atoms with E-state index in [9.17, 15) is 13.2 Å². The van der Waals surface area contributed by atoms with Crippen LogP contribution in [-0.4, -0.2) is 11.2 Å². The number of hydrogen-bond donors (Lipinski definition) is 0. The summed E-state index contributed by atoms with van der Waals surface area (Å²) in [6, 6.07) is 5.56. The number of alkyl halides is 3. The highest BCUT2D eigenvalue weighted by Crippen LogP contribution is 2.37. The van der Waals surface area contributed by atoms with Crippen LogP contribution in [0.2, 0.25) is 5.15 Å². The molecule has 2 nitrogen and oxygen atoms in total. The number of nitrogens with zero attached hydrogens (tertiary/aromatic N) is 2. The van der Waals surface area contributed by atoms with Gasteiger partial charge in [0.1, 0.15) is 5.15 Å². The van der Waals surface area contributed by atoms with E-state index in [1.165, 1.54) is 0 Å². The Morgan fingerprint density at radius 3 is 2.57 bits per heavy atom. The number of rotatable bonds is 1. The van der Waals surface area contributed by atoms with Crippen molar-refractivity contribution in [3.05, 3.63) is 51.8 Å². The van der Waals surface area contributed by atoms with Crippen molar-refractivity contribution in [2.45, 2.75) is 19.6 Å². The second-order valence-electron chi connectivity index (χ2n) is 4.83. The summed E-state index contributed by atoms with van der Waals surface area (Å²) in [5.74, 6) is 0. The van der Waals surface area contributed by atoms with Crippen LogP contribution < -0.4 is 0 Å². The Bertz CT molecular complexity index is 751. The van der Waals surface area contributed by atoms with E-state index >= 15 is 0 Å². The molecule has 0 spiro atoms. The minimum Gasteiger partial charge on any atom is -0.288 e. The van der Waals surface area contributed by atoms with E-state index in [1.807, 2.05) is 0 Å². The molecule has 1 aromatic carbocycles. The van der Waals surface area contributed by atoms with Crippen LogP contribution >= 0.6 is 11.6 Å². The third-order valence-corrected chi connectivity index (χ3v) is 3.63. The summed E-state index contributed by atoms with van der Waals surface area (Å²) >= 11 is 5.81. The molecule has 0 atom stereocenters. The second kappa shape index (κ2) is 4.84. The van der Waals surface area contributed by atoms with Gasteiger partial charge in [0, 0.05) is 23.0 Å². The lowest BCUT2D eigenvalue weighted by Crippen LogP contribution is -2.07. The van der Waals surface area contributed by atoms with E-state index in [-0.39, 0.29) is 6.54 Å². The lowest BCUT2D eigenvalue weighted by molar-refractivity contribution is -0.137. The van der Waals surface area contributed by atoms with E-state index in [4.69, 9.17) is 11.6 Å². The van der Waals surface area contributed by atoms with Crippen LogP contribution in [0.25, 0.3) is 11.1 Å². The first-order valence-electron chi connectivity index (χ1n) is 6.24. The Morgan fingerprint density at radius 1 is 1.14 bits per heavy atom. The van der Waals surface area contributed by atoms with E-state index in [0.717, 1.165) is 17.7 Å². The summed E-state index contributed by atoms with van der Waals surface area (Å²) in [4.78, 5) is 8.18. The second-order valence-corrected chi connectivity index (χ2v) is 5.22. The molecule has 0 saturated carbocycles. The molecule has 0 amide bonds. The molecule has 0 fully saturated rings. The number of pyridine rings is 1. The Kier molecular flexibility index (Phi) is 3.24. The molecule has 2 aromatic rings. The molecule has 0 bridgehead atoms. The molecule has 0 saturated heterocycles. The van der Waals surface area contributed by atoms with Crippen LogP contribution in [0.4, 0.5) is 13.2 Å². The molecule has 3 rings (SSSR count). The molecule has 2 heterocycles. The molecule has 0 unspecified atom stereocenters. The first-order chi connectivity index (χ1) is 9.86. The van der Waals surface area contributed by atoms with Gasteiger partial charge >= 0.3 is 6.18 Å². The van der Waals surface area contributed by atoms with Crippen LogP contribution in [-0.2, 0) is 12.7 Å². The highest BCUT2D eigenvalue weighted by molar-refractivity contribution is 6.29. The predicted molar refractivity (Wildman–Crippen MR) is 75.7 cm³/mol. The third kappa shape index (κ3) is 2.53. The fraction of sp³-hybridized carbons (Fsp3) is 0.200. The van der Waals surface area contributed by atoms with E-state index in [1.54, 1.807) is 25.3 Å². The van der Waals surface area contributed by atoms with Gasteiger partial charge in [-0.3, -0.25) is 4.99 Å². The molecule has 1 aliphatic rings. The maximum atomic E-state index is 13.0. The van der Waals surface area contributed by atoms with Crippen molar-refractivity contribution in [3.8, 4) is 11.1 Å². The van der Waals surface area contributed by atoms with Crippen LogP contribution in [0.5, 0.6) is 0 Å². The molecule has 108 valence electrons. The first kappa shape index (κ1) is 14.1. The molecular formula is C15H10ClF3N2. The molecular weight excluding hydrogens is 301 g/mol. The Balaban J connectivity index is 2.26. The van der Waals surface area contributed by atoms with Crippen molar-refractivity contribution in [2.75, 3.05) is 0 Å². The van der Waals surface area contributed by atoms with Crippen molar-refractivity contribution in [3.63, 3.8) is 0 Å². The summed E-state index contributed by atoms with van der Waals surface area (Å²) in [5, 5.41) is 0.313. The maximum absolute atomic E-state index is 13.0. The van der Waals surface area contributed by atoms with Crippen molar-refractivity contribution >= 4 is 17.8 Å². The highest BCUT2D eigenvalue weighted by atomic mass is 35.5.